The van der Waals surface area contributed by atoms with E-state index in [-0.39, 0.29) is 12.3 Å². The maximum atomic E-state index is 12.6. The fourth-order valence-corrected chi connectivity index (χ4v) is 2.78. The average Bonchev–Trinajstić information content (AvgIpc) is 3.37. The first kappa shape index (κ1) is 17.2. The molecule has 0 saturated heterocycles. The lowest BCUT2D eigenvalue weighted by molar-refractivity contribution is -0.137. The SMILES string of the molecule is O=C(O)CCCCCNC(=O)c1cc(C2CC2)nn1-c1ccccc1. The van der Waals surface area contributed by atoms with Gasteiger partial charge in [-0.25, -0.2) is 4.68 Å². The van der Waals surface area contributed by atoms with Crippen LogP contribution in [0.5, 0.6) is 0 Å². The van der Waals surface area contributed by atoms with Gasteiger partial charge in [-0.3, -0.25) is 9.59 Å². The van der Waals surface area contributed by atoms with Crippen molar-refractivity contribution >= 4 is 11.9 Å². The molecule has 2 N–H and O–H groups in total. The van der Waals surface area contributed by atoms with Crippen LogP contribution in [-0.2, 0) is 4.79 Å². The summed E-state index contributed by atoms with van der Waals surface area (Å²) in [5, 5.41) is 16.2. The van der Waals surface area contributed by atoms with E-state index in [0.717, 1.165) is 37.1 Å². The topological polar surface area (TPSA) is 84.2 Å². The average molecular weight is 341 g/mol. The van der Waals surface area contributed by atoms with E-state index in [1.165, 1.54) is 0 Å². The number of carboxylic acid groups (broad SMARTS) is 1. The predicted molar refractivity (Wildman–Crippen MR) is 94.0 cm³/mol. The Hall–Kier alpha value is -2.63. The summed E-state index contributed by atoms with van der Waals surface area (Å²) in [4.78, 5) is 23.1. The summed E-state index contributed by atoms with van der Waals surface area (Å²) < 4.78 is 1.72. The molecule has 0 unspecified atom stereocenters. The molecule has 6 heteroatoms. The number of rotatable bonds is 9. The van der Waals surface area contributed by atoms with Crippen molar-refractivity contribution in [2.45, 2.75) is 44.4 Å². The molecule has 1 aromatic carbocycles. The summed E-state index contributed by atoms with van der Waals surface area (Å²) in [6.45, 7) is 0.539. The number of carbonyl (C=O) groups excluding carboxylic acids is 1. The monoisotopic (exact) mass is 341 g/mol. The zero-order valence-corrected chi connectivity index (χ0v) is 14.1. The van der Waals surface area contributed by atoms with Crippen LogP contribution in [0.1, 0.15) is 60.6 Å². The Morgan fingerprint density at radius 1 is 1.16 bits per heavy atom. The molecule has 1 fully saturated rings. The van der Waals surface area contributed by atoms with E-state index in [2.05, 4.69) is 10.4 Å². The van der Waals surface area contributed by atoms with Crippen LogP contribution in [0.3, 0.4) is 0 Å². The van der Waals surface area contributed by atoms with Crippen molar-refractivity contribution in [1.82, 2.24) is 15.1 Å². The summed E-state index contributed by atoms with van der Waals surface area (Å²) in [5.74, 6) is -0.433. The number of nitrogens with zero attached hydrogens (tertiary/aromatic N) is 2. The molecule has 1 amide bonds. The number of hydrogen-bond acceptors (Lipinski definition) is 3. The normalized spacial score (nSPS) is 13.6. The fourth-order valence-electron chi connectivity index (χ4n) is 2.78. The predicted octanol–water partition coefficient (Wildman–Crippen LogP) is 3.12. The summed E-state index contributed by atoms with van der Waals surface area (Å²) in [6.07, 6.45) is 4.65. The number of carbonyl (C=O) groups is 2. The molecule has 1 aliphatic rings. The number of aliphatic carboxylic acids is 1. The first-order valence-electron chi connectivity index (χ1n) is 8.80. The second kappa shape index (κ2) is 7.96. The summed E-state index contributed by atoms with van der Waals surface area (Å²) in [6, 6.07) is 11.6. The van der Waals surface area contributed by atoms with Gasteiger partial charge in [0.1, 0.15) is 5.69 Å². The summed E-state index contributed by atoms with van der Waals surface area (Å²) in [7, 11) is 0. The summed E-state index contributed by atoms with van der Waals surface area (Å²) in [5.41, 5.74) is 2.41. The number of benzene rings is 1. The van der Waals surface area contributed by atoms with Crippen LogP contribution < -0.4 is 5.32 Å². The van der Waals surface area contributed by atoms with E-state index in [1.54, 1.807) is 4.68 Å². The Bertz CT molecular complexity index is 736. The largest absolute Gasteiger partial charge is 0.481 e. The van der Waals surface area contributed by atoms with Crippen molar-refractivity contribution in [2.24, 2.45) is 0 Å². The van der Waals surface area contributed by atoms with Crippen LogP contribution in [0.2, 0.25) is 0 Å². The lowest BCUT2D eigenvalue weighted by atomic mass is 10.2. The zero-order chi connectivity index (χ0) is 17.6. The number of nitrogens with one attached hydrogen (secondary N) is 1. The van der Waals surface area contributed by atoms with Crippen molar-refractivity contribution in [3.8, 4) is 5.69 Å². The molecule has 25 heavy (non-hydrogen) atoms. The molecular weight excluding hydrogens is 318 g/mol. The smallest absolute Gasteiger partial charge is 0.303 e. The second-order valence-electron chi connectivity index (χ2n) is 6.44. The van der Waals surface area contributed by atoms with E-state index < -0.39 is 5.97 Å². The van der Waals surface area contributed by atoms with Gasteiger partial charge in [0, 0.05) is 18.9 Å². The van der Waals surface area contributed by atoms with E-state index >= 15 is 0 Å². The molecular formula is C19H23N3O3. The summed E-state index contributed by atoms with van der Waals surface area (Å²) >= 11 is 0. The van der Waals surface area contributed by atoms with E-state index in [0.29, 0.717) is 24.6 Å². The van der Waals surface area contributed by atoms with Crippen LogP contribution in [0.4, 0.5) is 0 Å². The van der Waals surface area contributed by atoms with Crippen molar-refractivity contribution < 1.29 is 14.7 Å². The quantitative estimate of drug-likeness (QED) is 0.686. The molecule has 1 aromatic heterocycles. The Labute approximate surface area is 146 Å². The molecule has 132 valence electrons. The minimum Gasteiger partial charge on any atom is -0.481 e. The standard InChI is InChI=1S/C19H23N3O3/c23-18(24)9-5-2-6-12-20-19(25)17-13-16(14-10-11-14)21-22(17)15-7-3-1-4-8-15/h1,3-4,7-8,13-14H,2,5-6,9-12H2,(H,20,25)(H,23,24). The van der Waals surface area contributed by atoms with Crippen LogP contribution in [0.25, 0.3) is 5.69 Å². The van der Waals surface area contributed by atoms with Gasteiger partial charge in [0.15, 0.2) is 0 Å². The van der Waals surface area contributed by atoms with Gasteiger partial charge in [0.25, 0.3) is 5.91 Å². The number of para-hydroxylation sites is 1. The van der Waals surface area contributed by atoms with Gasteiger partial charge in [-0.2, -0.15) is 5.10 Å². The highest BCUT2D eigenvalue weighted by molar-refractivity contribution is 5.93. The molecule has 3 rings (SSSR count). The lowest BCUT2D eigenvalue weighted by Crippen LogP contribution is -2.26. The molecule has 0 aliphatic heterocycles. The third kappa shape index (κ3) is 4.68. The van der Waals surface area contributed by atoms with Crippen LogP contribution >= 0.6 is 0 Å². The van der Waals surface area contributed by atoms with Gasteiger partial charge >= 0.3 is 5.97 Å². The molecule has 1 aliphatic carbocycles. The van der Waals surface area contributed by atoms with Gasteiger partial charge in [0.2, 0.25) is 0 Å². The van der Waals surface area contributed by atoms with Crippen LogP contribution in [-0.4, -0.2) is 33.3 Å². The van der Waals surface area contributed by atoms with Crippen molar-refractivity contribution in [1.29, 1.82) is 0 Å². The van der Waals surface area contributed by atoms with Crippen molar-refractivity contribution in [3.05, 3.63) is 47.8 Å². The first-order valence-corrected chi connectivity index (χ1v) is 8.80. The van der Waals surface area contributed by atoms with Gasteiger partial charge in [-0.1, -0.05) is 24.6 Å². The Morgan fingerprint density at radius 3 is 2.60 bits per heavy atom. The minimum absolute atomic E-state index is 0.138. The highest BCUT2D eigenvalue weighted by atomic mass is 16.4. The number of amides is 1. The van der Waals surface area contributed by atoms with E-state index in [1.807, 2.05) is 36.4 Å². The molecule has 0 bridgehead atoms. The number of aromatic nitrogens is 2. The number of carboxylic acids is 1. The Kier molecular flexibility index (Phi) is 5.48. The molecule has 0 atom stereocenters. The third-order valence-corrected chi connectivity index (χ3v) is 4.31. The lowest BCUT2D eigenvalue weighted by Gasteiger charge is -2.08. The second-order valence-corrected chi connectivity index (χ2v) is 6.44. The van der Waals surface area contributed by atoms with Gasteiger partial charge in [-0.05, 0) is 43.9 Å². The maximum Gasteiger partial charge on any atom is 0.303 e. The molecule has 0 spiro atoms. The van der Waals surface area contributed by atoms with Gasteiger partial charge < -0.3 is 10.4 Å². The van der Waals surface area contributed by atoms with E-state index in [4.69, 9.17) is 5.11 Å². The minimum atomic E-state index is -0.775. The van der Waals surface area contributed by atoms with Crippen LogP contribution in [0, 0.1) is 0 Å². The highest BCUT2D eigenvalue weighted by Crippen LogP contribution is 2.39. The molecule has 2 aromatic rings. The zero-order valence-electron chi connectivity index (χ0n) is 14.1. The number of unbranched alkanes of at least 4 members (excludes halogenated alkanes) is 2. The van der Waals surface area contributed by atoms with Crippen LogP contribution in [0.15, 0.2) is 36.4 Å². The third-order valence-electron chi connectivity index (χ3n) is 4.31. The molecule has 1 heterocycles. The van der Waals surface area contributed by atoms with Crippen molar-refractivity contribution in [3.63, 3.8) is 0 Å². The Morgan fingerprint density at radius 2 is 1.92 bits per heavy atom. The van der Waals surface area contributed by atoms with Crippen molar-refractivity contribution in [2.75, 3.05) is 6.54 Å². The van der Waals surface area contributed by atoms with Gasteiger partial charge in [0.05, 0.1) is 11.4 Å². The first-order chi connectivity index (χ1) is 12.1. The van der Waals surface area contributed by atoms with E-state index in [9.17, 15) is 9.59 Å². The van der Waals surface area contributed by atoms with Gasteiger partial charge in [-0.15, -0.1) is 0 Å². The highest BCUT2D eigenvalue weighted by Gasteiger charge is 2.28. The fraction of sp³-hybridized carbons (Fsp3) is 0.421. The molecule has 6 nitrogen and oxygen atoms in total. The molecule has 0 radical (unpaired) electrons. The Balaban J connectivity index is 1.62. The maximum absolute atomic E-state index is 12.6. The molecule has 1 saturated carbocycles. The number of hydrogen-bond donors (Lipinski definition) is 2.